The average molecular weight is 771 g/mol. The van der Waals surface area contributed by atoms with Gasteiger partial charge in [0.2, 0.25) is 11.8 Å². The van der Waals surface area contributed by atoms with E-state index in [1.807, 2.05) is 0 Å². The van der Waals surface area contributed by atoms with E-state index in [9.17, 15) is 55.0 Å². The Hall–Kier alpha value is -4.63. The molecule has 6 unspecified atom stereocenters. The molecule has 2 heterocycles. The Morgan fingerprint density at radius 3 is 1.96 bits per heavy atom. The standard InChI is InChI=1S/C35H23Cl2F7N2O6/c1-52-25-9-2-15(10-24(25)47)27-21-7-8-22-26(29(49)45(28(22)48)20-12-16(34(39,40)41)11-17(13-20)35(42,43)44)23(21)14-32(36)30(50)46(31(51)33(27,32)37)19-5-3-18(38)4-6-19/h2-7,9-13,22-23,26-27,47H,8,14H2,1H3. The first-order valence-corrected chi connectivity index (χ1v) is 16.3. The van der Waals surface area contributed by atoms with E-state index in [1.165, 1.54) is 31.4 Å². The summed E-state index contributed by atoms with van der Waals surface area (Å²) in [5, 5.41) is 10.7. The number of methoxy groups -OCH3 is 1. The Morgan fingerprint density at radius 2 is 1.40 bits per heavy atom. The van der Waals surface area contributed by atoms with E-state index in [-0.39, 0.29) is 52.1 Å². The quantitative estimate of drug-likeness (QED) is 0.129. The molecule has 2 saturated heterocycles. The van der Waals surface area contributed by atoms with Gasteiger partial charge in [-0.15, -0.1) is 23.2 Å². The van der Waals surface area contributed by atoms with Crippen molar-refractivity contribution in [1.29, 1.82) is 0 Å². The number of benzene rings is 3. The maximum atomic E-state index is 14.4. The van der Waals surface area contributed by atoms with Crippen LogP contribution in [0.2, 0.25) is 0 Å². The van der Waals surface area contributed by atoms with Gasteiger partial charge in [0.25, 0.3) is 11.8 Å². The molecular weight excluding hydrogens is 748 g/mol. The zero-order valence-electron chi connectivity index (χ0n) is 26.4. The number of phenols is 1. The van der Waals surface area contributed by atoms with Crippen LogP contribution < -0.4 is 14.5 Å². The van der Waals surface area contributed by atoms with Crippen LogP contribution in [0.3, 0.4) is 0 Å². The minimum atomic E-state index is -5.27. The van der Waals surface area contributed by atoms with E-state index in [1.54, 1.807) is 0 Å². The van der Waals surface area contributed by atoms with Crippen molar-refractivity contribution in [3.05, 3.63) is 94.8 Å². The molecule has 17 heteroatoms. The first kappa shape index (κ1) is 35.8. The first-order chi connectivity index (χ1) is 24.2. The second-order valence-electron chi connectivity index (χ2n) is 13.0. The number of hydrogen-bond acceptors (Lipinski definition) is 6. The number of phenolic OH excluding ortho intramolecular Hbond substituents is 1. The molecule has 6 atom stereocenters. The number of alkyl halides is 8. The highest BCUT2D eigenvalue weighted by Gasteiger charge is 2.76. The molecule has 0 bridgehead atoms. The lowest BCUT2D eigenvalue weighted by Crippen LogP contribution is -2.60. The van der Waals surface area contributed by atoms with Crippen LogP contribution in [0.5, 0.6) is 11.5 Å². The molecule has 0 aromatic heterocycles. The van der Waals surface area contributed by atoms with Crippen LogP contribution in [0.15, 0.2) is 72.3 Å². The topological polar surface area (TPSA) is 104 Å². The van der Waals surface area contributed by atoms with Crippen molar-refractivity contribution in [2.45, 2.75) is 40.9 Å². The largest absolute Gasteiger partial charge is 0.504 e. The van der Waals surface area contributed by atoms with Gasteiger partial charge >= 0.3 is 12.4 Å². The summed E-state index contributed by atoms with van der Waals surface area (Å²) in [4.78, 5) is 52.9. The maximum Gasteiger partial charge on any atom is 0.416 e. The Morgan fingerprint density at radius 1 is 0.788 bits per heavy atom. The number of fused-ring (bicyclic) bond motifs is 4. The maximum absolute atomic E-state index is 14.4. The Bertz CT molecular complexity index is 2070. The highest BCUT2D eigenvalue weighted by Crippen LogP contribution is 2.66. The number of allylic oxidation sites excluding steroid dienone is 2. The monoisotopic (exact) mass is 770 g/mol. The fraction of sp³-hybridized carbons (Fsp3) is 0.314. The van der Waals surface area contributed by atoms with Crippen LogP contribution in [0.25, 0.3) is 0 Å². The van der Waals surface area contributed by atoms with Gasteiger partial charge in [-0.3, -0.25) is 19.2 Å². The van der Waals surface area contributed by atoms with E-state index in [2.05, 4.69) is 0 Å². The number of imide groups is 2. The highest BCUT2D eigenvalue weighted by atomic mass is 35.5. The molecule has 2 aliphatic heterocycles. The van der Waals surface area contributed by atoms with Crippen LogP contribution in [0.4, 0.5) is 42.1 Å². The molecule has 0 radical (unpaired) electrons. The van der Waals surface area contributed by atoms with Crippen molar-refractivity contribution in [1.82, 2.24) is 0 Å². The molecular formula is C35H23Cl2F7N2O6. The van der Waals surface area contributed by atoms with Gasteiger partial charge in [0.05, 0.1) is 41.4 Å². The van der Waals surface area contributed by atoms with Crippen molar-refractivity contribution in [3.63, 3.8) is 0 Å². The van der Waals surface area contributed by atoms with Crippen molar-refractivity contribution >= 4 is 58.2 Å². The minimum absolute atomic E-state index is 0.0165. The summed E-state index contributed by atoms with van der Waals surface area (Å²) in [6.45, 7) is 0. The van der Waals surface area contributed by atoms with Gasteiger partial charge in [0.1, 0.15) is 5.82 Å². The summed E-state index contributed by atoms with van der Waals surface area (Å²) in [6.07, 6.45) is -9.89. The van der Waals surface area contributed by atoms with Crippen LogP contribution in [0, 0.1) is 23.6 Å². The molecule has 3 fully saturated rings. The Labute approximate surface area is 299 Å². The zero-order chi connectivity index (χ0) is 37.9. The predicted molar refractivity (Wildman–Crippen MR) is 170 cm³/mol. The molecule has 0 spiro atoms. The number of nitrogens with zero attached hydrogens (tertiary/aromatic N) is 2. The number of halogens is 9. The average Bonchev–Trinajstić information content (AvgIpc) is 3.41. The number of hydrogen-bond donors (Lipinski definition) is 1. The van der Waals surface area contributed by atoms with Crippen molar-refractivity contribution < 1.29 is 59.8 Å². The lowest BCUT2D eigenvalue weighted by molar-refractivity contribution is -0.143. The van der Waals surface area contributed by atoms with Crippen molar-refractivity contribution in [2.75, 3.05) is 16.9 Å². The first-order valence-electron chi connectivity index (χ1n) is 15.5. The molecule has 4 amide bonds. The summed E-state index contributed by atoms with van der Waals surface area (Å²) in [5.74, 6) is -10.8. The van der Waals surface area contributed by atoms with Gasteiger partial charge in [-0.05, 0) is 78.9 Å². The normalized spacial score (nSPS) is 28.8. The number of carbonyl (C=O) groups is 4. The number of rotatable bonds is 4. The molecule has 3 aromatic carbocycles. The molecule has 7 rings (SSSR count). The third kappa shape index (κ3) is 5.02. The smallest absolute Gasteiger partial charge is 0.416 e. The fourth-order valence-corrected chi connectivity index (χ4v) is 8.92. The molecule has 3 aromatic rings. The molecule has 272 valence electrons. The highest BCUT2D eigenvalue weighted by molar-refractivity contribution is 6.58. The van der Waals surface area contributed by atoms with Crippen LogP contribution in [0.1, 0.15) is 35.4 Å². The second kappa shape index (κ2) is 11.7. The van der Waals surface area contributed by atoms with E-state index in [0.29, 0.717) is 4.90 Å². The Kier molecular flexibility index (Phi) is 8.04. The second-order valence-corrected chi connectivity index (χ2v) is 14.2. The number of carbonyl (C=O) groups excluding carboxylic acids is 4. The van der Waals surface area contributed by atoms with Crippen molar-refractivity contribution in [3.8, 4) is 11.5 Å². The fourth-order valence-electron chi connectivity index (χ4n) is 7.98. The van der Waals surface area contributed by atoms with Crippen LogP contribution >= 0.6 is 23.2 Å². The summed E-state index contributed by atoms with van der Waals surface area (Å²) in [6, 6.07) is 8.63. The minimum Gasteiger partial charge on any atom is -0.504 e. The molecule has 2 aliphatic carbocycles. The van der Waals surface area contributed by atoms with Gasteiger partial charge < -0.3 is 9.84 Å². The lowest BCUT2D eigenvalue weighted by atomic mass is 9.56. The molecule has 1 saturated carbocycles. The van der Waals surface area contributed by atoms with Gasteiger partial charge in [-0.1, -0.05) is 17.7 Å². The van der Waals surface area contributed by atoms with E-state index >= 15 is 0 Å². The molecule has 52 heavy (non-hydrogen) atoms. The SMILES string of the molecule is COc1ccc(C2C3=CCC4C(=O)N(c5cc(C(F)(F)F)cc(C(F)(F)F)c5)C(=O)C4C3CC3(Cl)C(=O)N(c4ccc(F)cc4)C(=O)C23Cl)cc1O. The van der Waals surface area contributed by atoms with E-state index < -0.39 is 104 Å². The number of aromatic hydroxyl groups is 1. The number of amides is 4. The van der Waals surface area contributed by atoms with Gasteiger partial charge in [-0.25, -0.2) is 14.2 Å². The Balaban J connectivity index is 1.39. The zero-order valence-corrected chi connectivity index (χ0v) is 27.9. The third-order valence-corrected chi connectivity index (χ3v) is 11.7. The third-order valence-electron chi connectivity index (χ3n) is 10.3. The van der Waals surface area contributed by atoms with Crippen LogP contribution in [-0.2, 0) is 31.5 Å². The summed E-state index contributed by atoms with van der Waals surface area (Å²) < 4.78 is 102. The molecule has 1 N–H and O–H groups in total. The lowest BCUT2D eigenvalue weighted by Gasteiger charge is -2.50. The summed E-state index contributed by atoms with van der Waals surface area (Å²) >= 11 is 14.5. The predicted octanol–water partition coefficient (Wildman–Crippen LogP) is 7.35. The molecule has 4 aliphatic rings. The van der Waals surface area contributed by atoms with E-state index in [4.69, 9.17) is 27.9 Å². The van der Waals surface area contributed by atoms with Crippen molar-refractivity contribution in [2.24, 2.45) is 17.8 Å². The van der Waals surface area contributed by atoms with E-state index in [0.717, 1.165) is 24.3 Å². The number of anilines is 2. The summed E-state index contributed by atoms with van der Waals surface area (Å²) in [5.41, 5.74) is -4.20. The van der Waals surface area contributed by atoms with Gasteiger partial charge in [-0.2, -0.15) is 26.3 Å². The van der Waals surface area contributed by atoms with Crippen LogP contribution in [-0.4, -0.2) is 45.6 Å². The molecule has 8 nitrogen and oxygen atoms in total. The van der Waals surface area contributed by atoms with Gasteiger partial charge in [0.15, 0.2) is 21.2 Å². The summed E-state index contributed by atoms with van der Waals surface area (Å²) in [7, 11) is 1.28. The number of ether oxygens (including phenoxy) is 1. The van der Waals surface area contributed by atoms with Gasteiger partial charge in [0, 0.05) is 5.92 Å².